The molecule has 0 saturated heterocycles. The van der Waals surface area contributed by atoms with Crippen molar-refractivity contribution in [3.63, 3.8) is 0 Å². The molecule has 0 heterocycles. The highest BCUT2D eigenvalue weighted by molar-refractivity contribution is 4.60. The highest BCUT2D eigenvalue weighted by atomic mass is 16.3. The summed E-state index contributed by atoms with van der Waals surface area (Å²) in [4.78, 5) is 0. The van der Waals surface area contributed by atoms with E-state index >= 15 is 0 Å². The van der Waals surface area contributed by atoms with Crippen molar-refractivity contribution in [2.24, 2.45) is 11.5 Å². The number of aliphatic hydroxyl groups is 2. The molecule has 0 aliphatic heterocycles. The third kappa shape index (κ3) is 17.8. The summed E-state index contributed by atoms with van der Waals surface area (Å²) in [5, 5.41) is 16.1. The van der Waals surface area contributed by atoms with Crippen LogP contribution >= 0.6 is 0 Å². The van der Waals surface area contributed by atoms with E-state index in [9.17, 15) is 0 Å². The average molecular weight is 206 g/mol. The molecule has 0 aromatic carbocycles. The van der Waals surface area contributed by atoms with Gasteiger partial charge in [0.1, 0.15) is 0 Å². The van der Waals surface area contributed by atoms with E-state index in [-0.39, 0.29) is 19.3 Å². The van der Waals surface area contributed by atoms with Gasteiger partial charge in [-0.1, -0.05) is 12.8 Å². The van der Waals surface area contributed by atoms with Gasteiger partial charge in [-0.3, -0.25) is 0 Å². The van der Waals surface area contributed by atoms with Crippen molar-refractivity contribution < 1.29 is 10.2 Å². The Morgan fingerprint density at radius 2 is 1.64 bits per heavy atom. The largest absolute Gasteiger partial charge is 0.397 e. The quantitative estimate of drug-likeness (QED) is 0.448. The molecule has 88 valence electrons. The van der Waals surface area contributed by atoms with E-state index in [1.807, 2.05) is 0 Å². The second-order valence-electron chi connectivity index (χ2n) is 3.23. The smallest absolute Gasteiger partial charge is 0.0445 e. The van der Waals surface area contributed by atoms with Gasteiger partial charge in [-0.25, -0.2) is 0 Å². The molecule has 14 heavy (non-hydrogen) atoms. The summed E-state index contributed by atoms with van der Waals surface area (Å²) < 4.78 is 0. The molecule has 0 saturated carbocycles. The summed E-state index contributed by atoms with van der Waals surface area (Å²) in [6.07, 6.45) is 5.13. The van der Waals surface area contributed by atoms with Crippen LogP contribution in [0.1, 0.15) is 39.0 Å². The molecule has 0 aliphatic rings. The molecule has 0 spiro atoms. The van der Waals surface area contributed by atoms with Gasteiger partial charge in [0, 0.05) is 19.3 Å². The number of rotatable bonds is 7. The summed E-state index contributed by atoms with van der Waals surface area (Å²) in [5.74, 6) is 0. The zero-order valence-electron chi connectivity index (χ0n) is 9.28. The van der Waals surface area contributed by atoms with E-state index < -0.39 is 0 Å². The van der Waals surface area contributed by atoms with Gasteiger partial charge in [-0.15, -0.1) is 0 Å². The monoisotopic (exact) mass is 206 g/mol. The highest BCUT2D eigenvalue weighted by Gasteiger charge is 1.99. The van der Waals surface area contributed by atoms with Gasteiger partial charge in [-0.2, -0.15) is 0 Å². The van der Waals surface area contributed by atoms with Gasteiger partial charge in [-0.05, 0) is 32.7 Å². The fourth-order valence-electron chi connectivity index (χ4n) is 1.04. The normalized spacial score (nSPS) is 11.8. The second kappa shape index (κ2) is 15.3. The molecule has 0 fully saturated rings. The Balaban J connectivity index is 0. The van der Waals surface area contributed by atoms with Gasteiger partial charge in [0.05, 0.1) is 0 Å². The lowest BCUT2D eigenvalue weighted by Crippen LogP contribution is -2.21. The molecular formula is C10H26N2O2. The Bertz CT molecular complexity index is 92.2. The average Bonchev–Trinajstić information content (AvgIpc) is 2.14. The highest BCUT2D eigenvalue weighted by Crippen LogP contribution is 2.03. The van der Waals surface area contributed by atoms with Crippen LogP contribution in [0.4, 0.5) is 0 Å². The fourth-order valence-corrected chi connectivity index (χ4v) is 1.04. The van der Waals surface area contributed by atoms with Crippen molar-refractivity contribution >= 4 is 0 Å². The Morgan fingerprint density at radius 1 is 1.07 bits per heavy atom. The van der Waals surface area contributed by atoms with Crippen molar-refractivity contribution in [3.05, 3.63) is 0 Å². The third-order valence-corrected chi connectivity index (χ3v) is 1.78. The standard InChI is InChI=1S/C8H20N2O.C2H6O/c9-6-3-1-2-4-8(10)5-7-11;1-2-3/h8,11H,1-7,9-10H2;3H,2H2,1H3. The summed E-state index contributed by atoms with van der Waals surface area (Å²) >= 11 is 0. The topological polar surface area (TPSA) is 92.5 Å². The van der Waals surface area contributed by atoms with Crippen LogP contribution in [0.5, 0.6) is 0 Å². The Kier molecular flexibility index (Phi) is 17.8. The van der Waals surface area contributed by atoms with Crippen molar-refractivity contribution in [1.82, 2.24) is 0 Å². The molecule has 6 N–H and O–H groups in total. The maximum atomic E-state index is 8.54. The van der Waals surface area contributed by atoms with Gasteiger partial charge in [0.2, 0.25) is 0 Å². The molecule has 0 bridgehead atoms. The first kappa shape index (κ1) is 16.3. The molecule has 0 aromatic heterocycles. The lowest BCUT2D eigenvalue weighted by Gasteiger charge is -2.08. The van der Waals surface area contributed by atoms with Gasteiger partial charge in [0.15, 0.2) is 0 Å². The minimum atomic E-state index is 0.178. The summed E-state index contributed by atoms with van der Waals surface area (Å²) in [7, 11) is 0. The van der Waals surface area contributed by atoms with Gasteiger partial charge in [0.25, 0.3) is 0 Å². The predicted octanol–water partition coefficient (Wildman–Crippen LogP) is 0.214. The van der Waals surface area contributed by atoms with Crippen LogP contribution < -0.4 is 11.5 Å². The van der Waals surface area contributed by atoms with Crippen molar-refractivity contribution in [1.29, 1.82) is 0 Å². The van der Waals surface area contributed by atoms with E-state index in [1.54, 1.807) is 6.92 Å². The summed E-state index contributed by atoms with van der Waals surface area (Å²) in [5.41, 5.74) is 11.0. The number of hydrogen-bond donors (Lipinski definition) is 4. The third-order valence-electron chi connectivity index (χ3n) is 1.78. The Labute approximate surface area is 87.3 Å². The molecule has 0 rings (SSSR count). The van der Waals surface area contributed by atoms with Crippen LogP contribution in [0.2, 0.25) is 0 Å². The first-order chi connectivity index (χ1) is 6.72. The lowest BCUT2D eigenvalue weighted by molar-refractivity contribution is 0.272. The van der Waals surface area contributed by atoms with Crippen molar-refractivity contribution in [2.75, 3.05) is 19.8 Å². The number of unbranched alkanes of at least 4 members (excludes halogenated alkanes) is 2. The maximum absolute atomic E-state index is 8.54. The Morgan fingerprint density at radius 3 is 2.07 bits per heavy atom. The first-order valence-electron chi connectivity index (χ1n) is 5.40. The van der Waals surface area contributed by atoms with Gasteiger partial charge < -0.3 is 21.7 Å². The molecule has 1 atom stereocenters. The Hall–Kier alpha value is -0.160. The van der Waals surface area contributed by atoms with Crippen molar-refractivity contribution in [3.8, 4) is 0 Å². The van der Waals surface area contributed by atoms with Crippen LogP contribution in [0.25, 0.3) is 0 Å². The zero-order valence-corrected chi connectivity index (χ0v) is 9.28. The van der Waals surface area contributed by atoms with E-state index in [0.717, 1.165) is 38.6 Å². The predicted molar refractivity (Wildman–Crippen MR) is 60.0 cm³/mol. The van der Waals surface area contributed by atoms with Gasteiger partial charge >= 0.3 is 0 Å². The second-order valence-corrected chi connectivity index (χ2v) is 3.23. The number of aliphatic hydroxyl groups excluding tert-OH is 2. The molecule has 0 aromatic rings. The molecule has 0 radical (unpaired) electrons. The van der Waals surface area contributed by atoms with E-state index in [4.69, 9.17) is 21.7 Å². The summed E-state index contributed by atoms with van der Waals surface area (Å²) in [6.45, 7) is 2.91. The minimum absolute atomic E-state index is 0.178. The molecule has 1 unspecified atom stereocenters. The maximum Gasteiger partial charge on any atom is 0.0445 e. The molecule has 4 nitrogen and oxygen atoms in total. The fraction of sp³-hybridized carbons (Fsp3) is 1.00. The van der Waals surface area contributed by atoms with E-state index in [1.165, 1.54) is 0 Å². The molecule has 0 aliphatic carbocycles. The first-order valence-corrected chi connectivity index (χ1v) is 5.40. The van der Waals surface area contributed by atoms with Crippen LogP contribution in [-0.2, 0) is 0 Å². The zero-order chi connectivity index (χ0) is 11.2. The molecule has 4 heteroatoms. The summed E-state index contributed by atoms with van der Waals surface area (Å²) in [6, 6.07) is 0.178. The lowest BCUT2D eigenvalue weighted by atomic mass is 10.1. The number of hydrogen-bond acceptors (Lipinski definition) is 4. The SMILES string of the molecule is CCO.NCCCCCC(N)CCO. The minimum Gasteiger partial charge on any atom is -0.397 e. The van der Waals surface area contributed by atoms with Crippen LogP contribution in [-0.4, -0.2) is 36.0 Å². The number of nitrogens with two attached hydrogens (primary N) is 2. The van der Waals surface area contributed by atoms with Crippen LogP contribution in [0, 0.1) is 0 Å². The van der Waals surface area contributed by atoms with Crippen LogP contribution in [0.15, 0.2) is 0 Å². The van der Waals surface area contributed by atoms with Crippen LogP contribution in [0.3, 0.4) is 0 Å². The van der Waals surface area contributed by atoms with E-state index in [0.29, 0.717) is 0 Å². The van der Waals surface area contributed by atoms with E-state index in [2.05, 4.69) is 0 Å². The molecule has 0 amide bonds. The molecular weight excluding hydrogens is 180 g/mol. The van der Waals surface area contributed by atoms with Crippen molar-refractivity contribution in [2.45, 2.75) is 45.1 Å².